The Kier molecular flexibility index (Phi) is 4.79. The maximum Gasteiger partial charge on any atom is 0.263 e. The lowest BCUT2D eigenvalue weighted by Gasteiger charge is -2.13. The second kappa shape index (κ2) is 6.28. The Labute approximate surface area is 135 Å². The zero-order valence-electron chi connectivity index (χ0n) is 11.0. The highest BCUT2D eigenvalue weighted by Gasteiger charge is 2.24. The first-order valence-corrected chi connectivity index (χ1v) is 8.00. The Bertz CT molecular complexity index is 808. The molecule has 0 spiro atoms. The molecule has 0 aliphatic heterocycles. The van der Waals surface area contributed by atoms with Crippen molar-refractivity contribution in [3.63, 3.8) is 0 Å². The molecule has 0 radical (unpaired) electrons. The Balaban J connectivity index is 2.50. The zero-order valence-corrected chi connectivity index (χ0v) is 13.4. The molecule has 118 valence electrons. The summed E-state index contributed by atoms with van der Waals surface area (Å²) in [6, 6.07) is 5.35. The third-order valence-electron chi connectivity index (χ3n) is 2.72. The average molecular weight is 368 g/mol. The van der Waals surface area contributed by atoms with Crippen molar-refractivity contribution in [3.05, 3.63) is 52.0 Å². The van der Waals surface area contributed by atoms with E-state index in [9.17, 15) is 17.2 Å². The molecule has 0 saturated carbocycles. The number of hydrogen-bond donors (Lipinski definition) is 1. The number of para-hydroxylation sites is 1. The molecular formula is C13H9Cl2F2NO3S. The number of rotatable bonds is 4. The quantitative estimate of drug-likeness (QED) is 0.885. The van der Waals surface area contributed by atoms with Crippen molar-refractivity contribution in [2.24, 2.45) is 0 Å². The van der Waals surface area contributed by atoms with Gasteiger partial charge in [-0.15, -0.1) is 0 Å². The molecule has 1 N–H and O–H groups in total. The summed E-state index contributed by atoms with van der Waals surface area (Å²) in [5, 5.41) is -0.439. The summed E-state index contributed by atoms with van der Waals surface area (Å²) in [7, 11) is -3.01. The molecule has 2 aromatic rings. The maximum absolute atomic E-state index is 13.5. The van der Waals surface area contributed by atoms with Crippen molar-refractivity contribution in [1.82, 2.24) is 0 Å². The second-order valence-corrected chi connectivity index (χ2v) is 6.50. The van der Waals surface area contributed by atoms with Crippen LogP contribution in [0, 0.1) is 11.6 Å². The molecule has 0 atom stereocenters. The first-order valence-electron chi connectivity index (χ1n) is 5.76. The van der Waals surface area contributed by atoms with Crippen LogP contribution in [-0.2, 0) is 10.0 Å². The van der Waals surface area contributed by atoms with Crippen molar-refractivity contribution in [1.29, 1.82) is 0 Å². The molecule has 0 heterocycles. The number of hydrogen-bond acceptors (Lipinski definition) is 3. The third kappa shape index (κ3) is 3.11. The van der Waals surface area contributed by atoms with Crippen molar-refractivity contribution in [2.45, 2.75) is 4.90 Å². The van der Waals surface area contributed by atoms with Crippen molar-refractivity contribution >= 4 is 38.9 Å². The van der Waals surface area contributed by atoms with Gasteiger partial charge in [0.1, 0.15) is 33.0 Å². The molecule has 9 heteroatoms. The van der Waals surface area contributed by atoms with E-state index < -0.39 is 32.2 Å². The molecule has 0 fully saturated rings. The van der Waals surface area contributed by atoms with Crippen LogP contribution in [0.5, 0.6) is 5.75 Å². The second-order valence-electron chi connectivity index (χ2n) is 4.10. The van der Waals surface area contributed by atoms with E-state index in [1.165, 1.54) is 13.2 Å². The number of sulfonamides is 1. The lowest BCUT2D eigenvalue weighted by Crippen LogP contribution is -2.15. The van der Waals surface area contributed by atoms with Gasteiger partial charge < -0.3 is 4.74 Å². The van der Waals surface area contributed by atoms with E-state index in [1.54, 1.807) is 0 Å². The molecule has 0 aliphatic rings. The van der Waals surface area contributed by atoms with E-state index in [0.29, 0.717) is 0 Å². The van der Waals surface area contributed by atoms with Gasteiger partial charge >= 0.3 is 0 Å². The van der Waals surface area contributed by atoms with E-state index in [4.69, 9.17) is 27.9 Å². The van der Waals surface area contributed by atoms with Crippen LogP contribution in [0.25, 0.3) is 0 Å². The van der Waals surface area contributed by atoms with Gasteiger partial charge in [0.25, 0.3) is 10.0 Å². The van der Waals surface area contributed by atoms with Gasteiger partial charge in [-0.1, -0.05) is 29.3 Å². The van der Waals surface area contributed by atoms with Crippen molar-refractivity contribution in [3.8, 4) is 5.75 Å². The third-order valence-corrected chi connectivity index (χ3v) is 5.09. The fourth-order valence-electron chi connectivity index (χ4n) is 1.66. The van der Waals surface area contributed by atoms with Crippen LogP contribution in [0.3, 0.4) is 0 Å². The Morgan fingerprint density at radius 3 is 2.18 bits per heavy atom. The predicted molar refractivity (Wildman–Crippen MR) is 80.2 cm³/mol. The highest BCUT2D eigenvalue weighted by atomic mass is 35.5. The number of nitrogens with one attached hydrogen (secondary N) is 1. The first kappa shape index (κ1) is 16.8. The van der Waals surface area contributed by atoms with E-state index in [0.717, 1.165) is 24.3 Å². The van der Waals surface area contributed by atoms with E-state index >= 15 is 0 Å². The largest absolute Gasteiger partial charge is 0.495 e. The van der Waals surface area contributed by atoms with Gasteiger partial charge in [0.2, 0.25) is 0 Å². The van der Waals surface area contributed by atoms with Gasteiger partial charge in [-0.25, -0.2) is 17.2 Å². The van der Waals surface area contributed by atoms with E-state index in [2.05, 4.69) is 0 Å². The van der Waals surface area contributed by atoms with Crippen LogP contribution in [0.15, 0.2) is 35.2 Å². The number of ether oxygens (including phenoxy) is 1. The molecule has 4 nitrogen and oxygen atoms in total. The highest BCUT2D eigenvalue weighted by Crippen LogP contribution is 2.37. The molecule has 2 rings (SSSR count). The summed E-state index contributed by atoms with van der Waals surface area (Å²) < 4.78 is 58.3. The van der Waals surface area contributed by atoms with E-state index in [1.807, 2.05) is 4.72 Å². The van der Waals surface area contributed by atoms with Crippen molar-refractivity contribution in [2.75, 3.05) is 11.8 Å². The summed E-state index contributed by atoms with van der Waals surface area (Å²) in [6.45, 7) is 0. The Morgan fingerprint density at radius 1 is 1.05 bits per heavy atom. The standard InChI is InChI=1S/C13H9Cl2F2NO3S/c1-21-9-5-6-10(12(15)11(9)14)22(19,20)18-13-7(16)3-2-4-8(13)17/h2-6,18H,1H3. The topological polar surface area (TPSA) is 55.4 Å². The van der Waals surface area contributed by atoms with Crippen LogP contribution < -0.4 is 9.46 Å². The van der Waals surface area contributed by atoms with E-state index in [-0.39, 0.29) is 15.8 Å². The van der Waals surface area contributed by atoms with Gasteiger partial charge in [-0.3, -0.25) is 4.72 Å². The average Bonchev–Trinajstić information content (AvgIpc) is 2.45. The monoisotopic (exact) mass is 367 g/mol. The molecule has 0 aliphatic carbocycles. The fraction of sp³-hybridized carbons (Fsp3) is 0.0769. The normalized spacial score (nSPS) is 11.3. The lowest BCUT2D eigenvalue weighted by molar-refractivity contribution is 0.414. The van der Waals surface area contributed by atoms with Gasteiger partial charge in [0.05, 0.1) is 12.1 Å². The highest BCUT2D eigenvalue weighted by molar-refractivity contribution is 7.92. The molecule has 0 bridgehead atoms. The molecule has 22 heavy (non-hydrogen) atoms. The summed E-state index contributed by atoms with van der Waals surface area (Å²) in [5.41, 5.74) is -0.800. The molecular weight excluding hydrogens is 359 g/mol. The maximum atomic E-state index is 13.5. The Hall–Kier alpha value is -1.57. The minimum atomic E-state index is -4.34. The minimum Gasteiger partial charge on any atom is -0.495 e. The summed E-state index contributed by atoms with van der Waals surface area (Å²) in [5.74, 6) is -1.94. The molecule has 0 saturated heterocycles. The van der Waals surface area contributed by atoms with Crippen LogP contribution in [0.2, 0.25) is 10.0 Å². The van der Waals surface area contributed by atoms with Crippen molar-refractivity contribution < 1.29 is 21.9 Å². The van der Waals surface area contributed by atoms with Gasteiger partial charge in [-0.2, -0.15) is 0 Å². The zero-order chi connectivity index (χ0) is 16.5. The number of methoxy groups -OCH3 is 1. The molecule has 2 aromatic carbocycles. The minimum absolute atomic E-state index is 0.124. The molecule has 0 aromatic heterocycles. The summed E-state index contributed by atoms with van der Waals surface area (Å²) >= 11 is 11.8. The number of halogens is 4. The fourth-order valence-corrected chi connectivity index (χ4v) is 3.58. The number of anilines is 1. The van der Waals surface area contributed by atoms with Gasteiger partial charge in [0, 0.05) is 0 Å². The lowest BCUT2D eigenvalue weighted by atomic mass is 10.3. The first-order chi connectivity index (χ1) is 10.3. The summed E-state index contributed by atoms with van der Waals surface area (Å²) in [6.07, 6.45) is 0. The van der Waals surface area contributed by atoms with Crippen LogP contribution in [-0.4, -0.2) is 15.5 Å². The smallest absolute Gasteiger partial charge is 0.263 e. The Morgan fingerprint density at radius 2 is 1.64 bits per heavy atom. The number of benzene rings is 2. The summed E-state index contributed by atoms with van der Waals surface area (Å²) in [4.78, 5) is -0.428. The van der Waals surface area contributed by atoms with Gasteiger partial charge in [-0.05, 0) is 24.3 Å². The van der Waals surface area contributed by atoms with Crippen LogP contribution in [0.4, 0.5) is 14.5 Å². The predicted octanol–water partition coefficient (Wildman–Crippen LogP) is 4.08. The SMILES string of the molecule is COc1ccc(S(=O)(=O)Nc2c(F)cccc2F)c(Cl)c1Cl. The van der Waals surface area contributed by atoms with Gasteiger partial charge in [0.15, 0.2) is 0 Å². The van der Waals surface area contributed by atoms with Crippen LogP contribution in [0.1, 0.15) is 0 Å². The molecule has 0 amide bonds. The van der Waals surface area contributed by atoms with Crippen LogP contribution >= 0.6 is 23.2 Å². The molecule has 0 unspecified atom stereocenters.